The van der Waals surface area contributed by atoms with Crippen LogP contribution in [0.1, 0.15) is 76.3 Å². The van der Waals surface area contributed by atoms with Gasteiger partial charge in [-0.1, -0.05) is 76.6 Å². The van der Waals surface area contributed by atoms with E-state index in [1.165, 1.54) is 54.9 Å². The lowest BCUT2D eigenvalue weighted by molar-refractivity contribution is 0.305. The molecule has 1 atom stereocenters. The maximum absolute atomic E-state index is 12.5. The lowest BCUT2D eigenvalue weighted by Crippen LogP contribution is -2.01. The summed E-state index contributed by atoms with van der Waals surface area (Å²) in [6.07, 6.45) is 9.68. The molecule has 0 bridgehead atoms. The predicted octanol–water partition coefficient (Wildman–Crippen LogP) is 7.70. The minimum atomic E-state index is -0.956. The summed E-state index contributed by atoms with van der Waals surface area (Å²) < 4.78 is 24.0. The lowest BCUT2D eigenvalue weighted by Gasteiger charge is -2.10. The van der Waals surface area contributed by atoms with Gasteiger partial charge in [0.15, 0.2) is 0 Å². The Labute approximate surface area is 195 Å². The van der Waals surface area contributed by atoms with Crippen molar-refractivity contribution in [3.8, 4) is 11.5 Å². The Morgan fingerprint density at radius 3 is 1.65 bits per heavy atom. The molecule has 0 aliphatic carbocycles. The van der Waals surface area contributed by atoms with Gasteiger partial charge in [-0.05, 0) is 42.7 Å². The minimum Gasteiger partial charge on any atom is -0.605 e. The Morgan fingerprint density at radius 2 is 1.16 bits per heavy atom. The Balaban J connectivity index is 1.64. The van der Waals surface area contributed by atoms with Gasteiger partial charge in [-0.3, -0.25) is 0 Å². The number of benzene rings is 2. The maximum atomic E-state index is 12.5. The fourth-order valence-corrected chi connectivity index (χ4v) is 5.58. The molecule has 0 N–H and O–H groups in total. The summed E-state index contributed by atoms with van der Waals surface area (Å²) in [5, 5.41) is 0. The second-order valence-corrected chi connectivity index (χ2v) is 11.1. The van der Waals surface area contributed by atoms with Crippen LogP contribution in [0, 0.1) is 0 Å². The molecule has 1 unspecified atom stereocenters. The van der Waals surface area contributed by atoms with Crippen molar-refractivity contribution in [1.29, 1.82) is 0 Å². The highest BCUT2D eigenvalue weighted by Gasteiger charge is 2.11. The molecule has 0 heterocycles. The quantitative estimate of drug-likeness (QED) is 0.137. The molecular formula is C26H38O3S2. The third-order valence-corrected chi connectivity index (χ3v) is 7.80. The van der Waals surface area contributed by atoms with E-state index in [-0.39, 0.29) is 0 Å². The summed E-state index contributed by atoms with van der Waals surface area (Å²) in [7, 11) is 0.527. The van der Waals surface area contributed by atoms with Gasteiger partial charge in [0.2, 0.25) is 0 Å². The summed E-state index contributed by atoms with van der Waals surface area (Å²) >= 11 is 0. The van der Waals surface area contributed by atoms with Crippen molar-refractivity contribution < 1.29 is 14.0 Å². The number of ether oxygens (including phenoxy) is 2. The van der Waals surface area contributed by atoms with Crippen LogP contribution >= 0.6 is 10.8 Å². The third-order valence-electron chi connectivity index (χ3n) is 5.02. The summed E-state index contributed by atoms with van der Waals surface area (Å²) in [6, 6.07) is 16.2. The minimum absolute atomic E-state index is 0.556. The van der Waals surface area contributed by atoms with E-state index in [0.717, 1.165) is 48.9 Å². The molecule has 5 heteroatoms. The molecule has 172 valence electrons. The van der Waals surface area contributed by atoms with Crippen LogP contribution in [-0.2, 0) is 21.7 Å². The van der Waals surface area contributed by atoms with Gasteiger partial charge in [-0.2, -0.15) is 0 Å². The molecule has 0 saturated carbocycles. The molecule has 0 fully saturated rings. The standard InChI is InChI=1S/C26H38O3S2/c1-3-5-7-9-19-28-25-15-11-23(12-16-25)21-30-31(27)22-24-13-17-26(18-14-24)29-20-10-8-6-4-2/h11-18H,3-10,19-22H2,1-2H3. The van der Waals surface area contributed by atoms with Crippen molar-refractivity contribution in [2.75, 3.05) is 13.2 Å². The van der Waals surface area contributed by atoms with Crippen LogP contribution in [0.3, 0.4) is 0 Å². The van der Waals surface area contributed by atoms with Crippen molar-refractivity contribution in [2.24, 2.45) is 0 Å². The number of rotatable bonds is 17. The van der Waals surface area contributed by atoms with E-state index in [1.54, 1.807) is 0 Å². The average molecular weight is 463 g/mol. The molecule has 3 nitrogen and oxygen atoms in total. The number of hydrogen-bond donors (Lipinski definition) is 0. The van der Waals surface area contributed by atoms with Gasteiger partial charge in [0.1, 0.15) is 17.3 Å². The molecule has 2 aromatic rings. The molecule has 0 spiro atoms. The van der Waals surface area contributed by atoms with Crippen LogP contribution in [0.5, 0.6) is 11.5 Å². The van der Waals surface area contributed by atoms with Gasteiger partial charge in [0.05, 0.1) is 29.8 Å². The fourth-order valence-electron chi connectivity index (χ4n) is 3.11. The van der Waals surface area contributed by atoms with E-state index in [0.29, 0.717) is 5.75 Å². The highest BCUT2D eigenvalue weighted by molar-refractivity contribution is 8.71. The molecule has 31 heavy (non-hydrogen) atoms. The molecule has 0 radical (unpaired) electrons. The van der Waals surface area contributed by atoms with Gasteiger partial charge >= 0.3 is 0 Å². The molecule has 0 amide bonds. The normalized spacial score (nSPS) is 12.0. The van der Waals surface area contributed by atoms with Crippen LogP contribution in [-0.4, -0.2) is 17.8 Å². The predicted molar refractivity (Wildman–Crippen MR) is 135 cm³/mol. The van der Waals surface area contributed by atoms with E-state index in [2.05, 4.69) is 26.0 Å². The van der Waals surface area contributed by atoms with E-state index in [4.69, 9.17) is 9.47 Å². The first-order valence-corrected chi connectivity index (χ1v) is 14.5. The Bertz CT molecular complexity index is 689. The second-order valence-electron chi connectivity index (χ2n) is 7.82. The molecular weight excluding hydrogens is 424 g/mol. The second kappa shape index (κ2) is 16.3. The monoisotopic (exact) mass is 462 g/mol. The first-order chi connectivity index (χ1) is 15.2. The summed E-state index contributed by atoms with van der Waals surface area (Å²) in [6.45, 7) is 5.97. The van der Waals surface area contributed by atoms with Crippen LogP contribution in [0.2, 0.25) is 0 Å². The van der Waals surface area contributed by atoms with Crippen molar-refractivity contribution in [1.82, 2.24) is 0 Å². The fraction of sp³-hybridized carbons (Fsp3) is 0.538. The van der Waals surface area contributed by atoms with Crippen molar-refractivity contribution in [3.63, 3.8) is 0 Å². The average Bonchev–Trinajstić information content (AvgIpc) is 2.79. The topological polar surface area (TPSA) is 41.5 Å². The van der Waals surface area contributed by atoms with E-state index >= 15 is 0 Å². The molecule has 0 saturated heterocycles. The zero-order valence-electron chi connectivity index (χ0n) is 19.1. The summed E-state index contributed by atoms with van der Waals surface area (Å²) in [5.41, 5.74) is 2.25. The highest BCUT2D eigenvalue weighted by Crippen LogP contribution is 2.25. The Kier molecular flexibility index (Phi) is 13.7. The molecule has 2 aromatic carbocycles. The van der Waals surface area contributed by atoms with Crippen molar-refractivity contribution >= 4 is 21.0 Å². The van der Waals surface area contributed by atoms with Crippen LogP contribution < -0.4 is 9.47 Å². The molecule has 0 aliphatic rings. The van der Waals surface area contributed by atoms with E-state index < -0.39 is 10.2 Å². The van der Waals surface area contributed by atoms with Crippen LogP contribution in [0.25, 0.3) is 0 Å². The third kappa shape index (κ3) is 11.8. The first-order valence-electron chi connectivity index (χ1n) is 11.7. The van der Waals surface area contributed by atoms with Gasteiger partial charge in [-0.25, -0.2) is 0 Å². The largest absolute Gasteiger partial charge is 0.605 e. The first kappa shape index (κ1) is 26.0. The van der Waals surface area contributed by atoms with E-state index in [9.17, 15) is 4.55 Å². The van der Waals surface area contributed by atoms with Gasteiger partial charge in [0.25, 0.3) is 0 Å². The van der Waals surface area contributed by atoms with Gasteiger partial charge in [0, 0.05) is 15.8 Å². The van der Waals surface area contributed by atoms with Crippen molar-refractivity contribution in [3.05, 3.63) is 59.7 Å². The molecule has 2 rings (SSSR count). The van der Waals surface area contributed by atoms with E-state index in [1.807, 2.05) is 36.4 Å². The Hall–Kier alpha value is -1.30. The van der Waals surface area contributed by atoms with Crippen LogP contribution in [0.4, 0.5) is 0 Å². The maximum Gasteiger partial charge on any atom is 0.143 e. The zero-order chi connectivity index (χ0) is 22.2. The highest BCUT2D eigenvalue weighted by atomic mass is 33.1. The Morgan fingerprint density at radius 1 is 0.677 bits per heavy atom. The van der Waals surface area contributed by atoms with Crippen molar-refractivity contribution in [2.45, 2.75) is 76.7 Å². The summed E-state index contributed by atoms with van der Waals surface area (Å²) in [5.74, 6) is 3.10. The lowest BCUT2D eigenvalue weighted by atomic mass is 10.2. The van der Waals surface area contributed by atoms with Crippen LogP contribution in [0.15, 0.2) is 48.5 Å². The number of hydrogen-bond acceptors (Lipinski definition) is 4. The smallest absolute Gasteiger partial charge is 0.143 e. The SMILES string of the molecule is CCCCCCOc1ccc(CS[S+]([O-])Cc2ccc(OCCCCCC)cc2)cc1. The zero-order valence-corrected chi connectivity index (χ0v) is 20.8. The molecule has 0 aliphatic heterocycles. The summed E-state index contributed by atoms with van der Waals surface area (Å²) in [4.78, 5) is 0. The number of unbranched alkanes of at least 4 members (excludes halogenated alkanes) is 6. The molecule has 0 aromatic heterocycles. The van der Waals surface area contributed by atoms with Gasteiger partial charge in [-0.15, -0.1) is 0 Å². The van der Waals surface area contributed by atoms with Gasteiger partial charge < -0.3 is 14.0 Å².